The molecule has 0 spiro atoms. The highest BCUT2D eigenvalue weighted by atomic mass is 16.5. The highest BCUT2D eigenvalue weighted by Crippen LogP contribution is 2.40. The van der Waals surface area contributed by atoms with Crippen molar-refractivity contribution in [3.05, 3.63) is 77.9 Å². The molecule has 27 heavy (non-hydrogen) atoms. The van der Waals surface area contributed by atoms with E-state index in [1.807, 2.05) is 12.1 Å². The number of hydrogen-bond donors (Lipinski definition) is 1. The van der Waals surface area contributed by atoms with Gasteiger partial charge in [0.05, 0.1) is 0 Å². The van der Waals surface area contributed by atoms with Crippen molar-refractivity contribution in [3.8, 4) is 0 Å². The van der Waals surface area contributed by atoms with Crippen LogP contribution in [0.4, 0.5) is 0 Å². The smallest absolute Gasteiger partial charge is 0.302 e. The van der Waals surface area contributed by atoms with E-state index in [1.165, 1.54) is 18.1 Å². The molecule has 142 valence electrons. The topological polar surface area (TPSA) is 38.3 Å². The second-order valence-electron chi connectivity index (χ2n) is 7.60. The first kappa shape index (κ1) is 19.2. The second-order valence-corrected chi connectivity index (χ2v) is 7.60. The Morgan fingerprint density at radius 1 is 1.11 bits per heavy atom. The van der Waals surface area contributed by atoms with Crippen LogP contribution in [0.2, 0.25) is 0 Å². The van der Waals surface area contributed by atoms with Crippen LogP contribution in [0, 0.1) is 6.92 Å². The maximum absolute atomic E-state index is 11.3. The summed E-state index contributed by atoms with van der Waals surface area (Å²) in [5, 5.41) is 3.60. The van der Waals surface area contributed by atoms with Gasteiger partial charge >= 0.3 is 5.97 Å². The van der Waals surface area contributed by atoms with Crippen LogP contribution in [0.15, 0.2) is 61.2 Å². The summed E-state index contributed by atoms with van der Waals surface area (Å²) in [5.74, 6) is -0.182. The van der Waals surface area contributed by atoms with E-state index < -0.39 is 0 Å². The van der Waals surface area contributed by atoms with Gasteiger partial charge in [-0.05, 0) is 49.3 Å². The lowest BCUT2D eigenvalue weighted by Crippen LogP contribution is -2.42. The molecule has 0 heterocycles. The SMILES string of the molecule is C=C(NCC1(c2ccccc2)CCC(OC(C)=O)CC1)c1ccccc1C. The molecule has 1 aliphatic carbocycles. The van der Waals surface area contributed by atoms with Crippen LogP contribution in [-0.2, 0) is 14.9 Å². The van der Waals surface area contributed by atoms with Gasteiger partial charge in [0.15, 0.2) is 0 Å². The van der Waals surface area contributed by atoms with Gasteiger partial charge in [-0.2, -0.15) is 0 Å². The van der Waals surface area contributed by atoms with Gasteiger partial charge in [-0.1, -0.05) is 61.2 Å². The molecule has 1 saturated carbocycles. The van der Waals surface area contributed by atoms with Crippen LogP contribution in [0.3, 0.4) is 0 Å². The molecule has 1 fully saturated rings. The molecule has 0 saturated heterocycles. The van der Waals surface area contributed by atoms with Crippen molar-refractivity contribution in [2.45, 2.75) is 51.0 Å². The number of esters is 1. The third kappa shape index (κ3) is 4.60. The summed E-state index contributed by atoms with van der Waals surface area (Å²) in [6, 6.07) is 19.0. The molecule has 0 bridgehead atoms. The number of benzene rings is 2. The molecule has 0 aliphatic heterocycles. The average Bonchev–Trinajstić information content (AvgIpc) is 2.68. The first-order chi connectivity index (χ1) is 13.0. The number of carbonyl (C=O) groups excluding carboxylic acids is 1. The van der Waals surface area contributed by atoms with Gasteiger partial charge in [-0.15, -0.1) is 0 Å². The first-order valence-electron chi connectivity index (χ1n) is 9.72. The highest BCUT2D eigenvalue weighted by Gasteiger charge is 2.37. The van der Waals surface area contributed by atoms with Crippen LogP contribution < -0.4 is 5.32 Å². The zero-order valence-corrected chi connectivity index (χ0v) is 16.3. The van der Waals surface area contributed by atoms with Crippen LogP contribution in [-0.4, -0.2) is 18.6 Å². The molecule has 2 aromatic carbocycles. The van der Waals surface area contributed by atoms with Gasteiger partial charge in [0.2, 0.25) is 0 Å². The van der Waals surface area contributed by atoms with E-state index in [4.69, 9.17) is 4.74 Å². The van der Waals surface area contributed by atoms with E-state index in [9.17, 15) is 4.79 Å². The molecule has 0 radical (unpaired) electrons. The molecule has 0 atom stereocenters. The zero-order chi connectivity index (χ0) is 19.3. The van der Waals surface area contributed by atoms with Gasteiger partial charge in [0, 0.05) is 24.6 Å². The Morgan fingerprint density at radius 2 is 1.74 bits per heavy atom. The van der Waals surface area contributed by atoms with Gasteiger partial charge in [-0.3, -0.25) is 4.79 Å². The normalized spacial score (nSPS) is 22.1. The number of rotatable bonds is 6. The molecule has 3 rings (SSSR count). The number of aryl methyl sites for hydroxylation is 1. The largest absolute Gasteiger partial charge is 0.463 e. The van der Waals surface area contributed by atoms with E-state index >= 15 is 0 Å². The monoisotopic (exact) mass is 363 g/mol. The molecule has 2 aromatic rings. The van der Waals surface area contributed by atoms with E-state index in [2.05, 4.69) is 61.3 Å². The lowest BCUT2D eigenvalue weighted by Gasteiger charge is -2.41. The molecule has 3 nitrogen and oxygen atoms in total. The Kier molecular flexibility index (Phi) is 6.00. The quantitative estimate of drug-likeness (QED) is 0.734. The molecular weight excluding hydrogens is 334 g/mol. The molecule has 1 aliphatic rings. The van der Waals surface area contributed by atoms with Crippen molar-refractivity contribution in [1.82, 2.24) is 5.32 Å². The van der Waals surface area contributed by atoms with Crippen molar-refractivity contribution in [2.75, 3.05) is 6.54 Å². The molecule has 0 amide bonds. The summed E-state index contributed by atoms with van der Waals surface area (Å²) in [4.78, 5) is 11.3. The Bertz CT molecular complexity index is 789. The predicted molar refractivity (Wildman–Crippen MR) is 110 cm³/mol. The van der Waals surface area contributed by atoms with Gasteiger partial charge < -0.3 is 10.1 Å². The molecule has 1 N–H and O–H groups in total. The summed E-state index contributed by atoms with van der Waals surface area (Å²) in [6.45, 7) is 8.70. The first-order valence-corrected chi connectivity index (χ1v) is 9.72. The zero-order valence-electron chi connectivity index (χ0n) is 16.3. The number of ether oxygens (including phenoxy) is 1. The molecular formula is C24H29NO2. The Hall–Kier alpha value is -2.55. The van der Waals surface area contributed by atoms with Crippen LogP contribution in [0.25, 0.3) is 5.70 Å². The van der Waals surface area contributed by atoms with Crippen molar-refractivity contribution < 1.29 is 9.53 Å². The molecule has 0 aromatic heterocycles. The lowest BCUT2D eigenvalue weighted by molar-refractivity contribution is -0.148. The summed E-state index contributed by atoms with van der Waals surface area (Å²) in [5.41, 5.74) is 4.72. The number of nitrogens with one attached hydrogen (secondary N) is 1. The van der Waals surface area contributed by atoms with Crippen LogP contribution in [0.1, 0.15) is 49.3 Å². The maximum atomic E-state index is 11.3. The highest BCUT2D eigenvalue weighted by molar-refractivity contribution is 5.66. The second kappa shape index (κ2) is 8.43. The van der Waals surface area contributed by atoms with E-state index in [1.54, 1.807) is 0 Å². The number of hydrogen-bond acceptors (Lipinski definition) is 3. The lowest BCUT2D eigenvalue weighted by atomic mass is 9.68. The minimum atomic E-state index is -0.182. The minimum absolute atomic E-state index is 0.0313. The van der Waals surface area contributed by atoms with Crippen LogP contribution in [0.5, 0.6) is 0 Å². The van der Waals surface area contributed by atoms with Crippen molar-refractivity contribution >= 4 is 11.7 Å². The van der Waals surface area contributed by atoms with E-state index in [0.29, 0.717) is 0 Å². The summed E-state index contributed by atoms with van der Waals surface area (Å²) in [7, 11) is 0. The average molecular weight is 364 g/mol. The summed E-state index contributed by atoms with van der Waals surface area (Å²) in [6.07, 6.45) is 3.81. The standard InChI is InChI=1S/C24H29NO2/c1-18-9-7-8-12-23(18)19(2)25-17-24(21-10-5-4-6-11-21)15-13-22(14-16-24)27-20(3)26/h4-12,22,25H,2,13-17H2,1,3H3. The molecule has 3 heteroatoms. The van der Waals surface area contributed by atoms with Crippen molar-refractivity contribution in [3.63, 3.8) is 0 Å². The fourth-order valence-electron chi connectivity index (χ4n) is 4.14. The Morgan fingerprint density at radius 3 is 2.37 bits per heavy atom. The van der Waals surface area contributed by atoms with Crippen molar-refractivity contribution in [2.24, 2.45) is 0 Å². The number of carbonyl (C=O) groups is 1. The van der Waals surface area contributed by atoms with Gasteiger partial charge in [0.25, 0.3) is 0 Å². The summed E-state index contributed by atoms with van der Waals surface area (Å²) < 4.78 is 5.45. The Balaban J connectivity index is 1.75. The third-order valence-electron chi connectivity index (χ3n) is 5.72. The minimum Gasteiger partial charge on any atom is -0.463 e. The fourth-order valence-corrected chi connectivity index (χ4v) is 4.14. The van der Waals surface area contributed by atoms with Gasteiger partial charge in [0.1, 0.15) is 6.10 Å². The fraction of sp³-hybridized carbons (Fsp3) is 0.375. The van der Waals surface area contributed by atoms with Gasteiger partial charge in [-0.25, -0.2) is 0 Å². The summed E-state index contributed by atoms with van der Waals surface area (Å²) >= 11 is 0. The van der Waals surface area contributed by atoms with Crippen molar-refractivity contribution in [1.29, 1.82) is 0 Å². The third-order valence-corrected chi connectivity index (χ3v) is 5.72. The van der Waals surface area contributed by atoms with E-state index in [0.717, 1.165) is 43.5 Å². The van der Waals surface area contributed by atoms with Crippen LogP contribution >= 0.6 is 0 Å². The molecule has 0 unspecified atom stereocenters. The van der Waals surface area contributed by atoms with E-state index in [-0.39, 0.29) is 17.5 Å². The predicted octanol–water partition coefficient (Wildman–Crippen LogP) is 5.00. The maximum Gasteiger partial charge on any atom is 0.302 e. The Labute approximate surface area is 162 Å².